The van der Waals surface area contributed by atoms with Crippen molar-refractivity contribution in [1.29, 1.82) is 0 Å². The summed E-state index contributed by atoms with van der Waals surface area (Å²) < 4.78 is 10.5. The molecule has 0 saturated carbocycles. The number of methoxy groups -OCH3 is 1. The normalized spacial score (nSPS) is 19.9. The molecule has 19 heavy (non-hydrogen) atoms. The average molecular weight is 264 g/mol. The van der Waals surface area contributed by atoms with Crippen molar-refractivity contribution in [1.82, 2.24) is 0 Å². The van der Waals surface area contributed by atoms with Gasteiger partial charge in [-0.05, 0) is 25.5 Å². The minimum absolute atomic E-state index is 0.118. The highest BCUT2D eigenvalue weighted by atomic mass is 16.5. The van der Waals surface area contributed by atoms with E-state index in [0.29, 0.717) is 11.3 Å². The number of benzene rings is 1. The molecule has 1 aliphatic rings. The van der Waals surface area contributed by atoms with Gasteiger partial charge in [0.1, 0.15) is 0 Å². The molecule has 104 valence electrons. The second-order valence-electron chi connectivity index (χ2n) is 4.72. The van der Waals surface area contributed by atoms with Crippen LogP contribution in [0.25, 0.3) is 0 Å². The summed E-state index contributed by atoms with van der Waals surface area (Å²) in [6.45, 7) is 4.30. The van der Waals surface area contributed by atoms with Gasteiger partial charge < -0.3 is 20.1 Å². The summed E-state index contributed by atoms with van der Waals surface area (Å²) in [6, 6.07) is 5.31. The maximum atomic E-state index is 11.9. The lowest BCUT2D eigenvalue weighted by Gasteiger charge is -2.27. The molecule has 1 aromatic carbocycles. The molecule has 0 radical (unpaired) electrons. The first-order valence-electron chi connectivity index (χ1n) is 6.47. The summed E-state index contributed by atoms with van der Waals surface area (Å²) in [4.78, 5) is 14.0. The maximum Gasteiger partial charge on any atom is 0.340 e. The first-order chi connectivity index (χ1) is 9.13. The molecule has 5 heteroatoms. The van der Waals surface area contributed by atoms with E-state index >= 15 is 0 Å². The van der Waals surface area contributed by atoms with Crippen molar-refractivity contribution in [3.8, 4) is 0 Å². The lowest BCUT2D eigenvalue weighted by Crippen LogP contribution is -2.32. The molecular formula is C14H20N2O3. The van der Waals surface area contributed by atoms with Crippen LogP contribution in [0.1, 0.15) is 23.7 Å². The van der Waals surface area contributed by atoms with E-state index in [1.807, 2.05) is 6.92 Å². The van der Waals surface area contributed by atoms with Crippen molar-refractivity contribution in [2.75, 3.05) is 37.4 Å². The van der Waals surface area contributed by atoms with Crippen molar-refractivity contribution in [3.63, 3.8) is 0 Å². The topological polar surface area (TPSA) is 64.8 Å². The van der Waals surface area contributed by atoms with Crippen LogP contribution in [0.5, 0.6) is 0 Å². The molecule has 1 fully saturated rings. The quantitative estimate of drug-likeness (QED) is 0.650. The van der Waals surface area contributed by atoms with Crippen LogP contribution < -0.4 is 10.6 Å². The van der Waals surface area contributed by atoms with Gasteiger partial charge >= 0.3 is 5.97 Å². The molecule has 1 atom stereocenters. The summed E-state index contributed by atoms with van der Waals surface area (Å²) in [6.07, 6.45) is 1.03. The Bertz CT molecular complexity index is 462. The molecule has 0 amide bonds. The predicted molar refractivity (Wildman–Crippen MR) is 74.4 cm³/mol. The molecule has 1 aromatic rings. The Kier molecular flexibility index (Phi) is 4.27. The molecule has 0 spiro atoms. The fourth-order valence-corrected chi connectivity index (χ4v) is 2.39. The number of ether oxygens (including phenoxy) is 2. The van der Waals surface area contributed by atoms with E-state index in [0.717, 1.165) is 31.8 Å². The molecule has 1 saturated heterocycles. The lowest BCUT2D eigenvalue weighted by atomic mass is 10.1. The van der Waals surface area contributed by atoms with Crippen LogP contribution in [-0.2, 0) is 9.47 Å². The fourth-order valence-electron chi connectivity index (χ4n) is 2.39. The van der Waals surface area contributed by atoms with E-state index in [-0.39, 0.29) is 12.1 Å². The molecular weight excluding hydrogens is 244 g/mol. The first-order valence-corrected chi connectivity index (χ1v) is 6.47. The van der Waals surface area contributed by atoms with Gasteiger partial charge in [-0.1, -0.05) is 6.07 Å². The lowest BCUT2D eigenvalue weighted by molar-refractivity contribution is 0.0601. The Balaban J connectivity index is 2.39. The van der Waals surface area contributed by atoms with Crippen molar-refractivity contribution in [2.24, 2.45) is 0 Å². The molecule has 1 unspecified atom stereocenters. The van der Waals surface area contributed by atoms with Crippen molar-refractivity contribution in [2.45, 2.75) is 19.4 Å². The monoisotopic (exact) mass is 264 g/mol. The summed E-state index contributed by atoms with van der Waals surface area (Å²) in [5, 5.41) is 0. The van der Waals surface area contributed by atoms with Gasteiger partial charge in [0.25, 0.3) is 0 Å². The fraction of sp³-hybridized carbons (Fsp3) is 0.500. The third-order valence-electron chi connectivity index (χ3n) is 3.24. The Morgan fingerprint density at radius 1 is 1.53 bits per heavy atom. The standard InChI is InChI=1S/C14H20N2O3/c1-10-9-16(7-4-8-19-10)13-11(14(17)18-2)5-3-6-12(13)15/h3,5-6,10H,4,7-9,15H2,1-2H3. The van der Waals surface area contributed by atoms with Gasteiger partial charge in [0, 0.05) is 19.7 Å². The van der Waals surface area contributed by atoms with Gasteiger partial charge in [-0.3, -0.25) is 0 Å². The van der Waals surface area contributed by atoms with E-state index in [1.54, 1.807) is 18.2 Å². The van der Waals surface area contributed by atoms with Crippen molar-refractivity contribution >= 4 is 17.3 Å². The Morgan fingerprint density at radius 3 is 3.05 bits per heavy atom. The highest BCUT2D eigenvalue weighted by Gasteiger charge is 2.22. The van der Waals surface area contributed by atoms with Crippen LogP contribution in [0.15, 0.2) is 18.2 Å². The largest absolute Gasteiger partial charge is 0.465 e. The molecule has 0 aromatic heterocycles. The van der Waals surface area contributed by atoms with Gasteiger partial charge in [0.2, 0.25) is 0 Å². The Morgan fingerprint density at radius 2 is 2.32 bits per heavy atom. The number of carbonyl (C=O) groups excluding carboxylic acids is 1. The van der Waals surface area contributed by atoms with Crippen LogP contribution >= 0.6 is 0 Å². The van der Waals surface area contributed by atoms with E-state index in [9.17, 15) is 4.79 Å². The zero-order valence-corrected chi connectivity index (χ0v) is 11.4. The maximum absolute atomic E-state index is 11.9. The van der Waals surface area contributed by atoms with Crippen LogP contribution in [0.4, 0.5) is 11.4 Å². The Labute approximate surface area is 113 Å². The first kappa shape index (κ1) is 13.7. The zero-order chi connectivity index (χ0) is 13.8. The third-order valence-corrected chi connectivity index (χ3v) is 3.24. The number of para-hydroxylation sites is 1. The number of esters is 1. The highest BCUT2D eigenvalue weighted by molar-refractivity contribution is 5.99. The Hall–Kier alpha value is -1.75. The average Bonchev–Trinajstić information content (AvgIpc) is 2.62. The van der Waals surface area contributed by atoms with Crippen LogP contribution in [0.2, 0.25) is 0 Å². The number of rotatable bonds is 2. The SMILES string of the molecule is COC(=O)c1cccc(N)c1N1CCCOC(C)C1. The molecule has 0 bridgehead atoms. The molecule has 2 rings (SSSR count). The van der Waals surface area contributed by atoms with Crippen LogP contribution in [0.3, 0.4) is 0 Å². The summed E-state index contributed by atoms with van der Waals surface area (Å²) in [5.41, 5.74) is 7.91. The van der Waals surface area contributed by atoms with E-state index in [4.69, 9.17) is 15.2 Å². The molecule has 5 nitrogen and oxygen atoms in total. The van der Waals surface area contributed by atoms with Gasteiger partial charge in [0.15, 0.2) is 0 Å². The predicted octanol–water partition coefficient (Wildman–Crippen LogP) is 1.67. The molecule has 1 heterocycles. The number of hydrogen-bond acceptors (Lipinski definition) is 5. The molecule has 2 N–H and O–H groups in total. The van der Waals surface area contributed by atoms with Crippen molar-refractivity contribution < 1.29 is 14.3 Å². The second-order valence-corrected chi connectivity index (χ2v) is 4.72. The van der Waals surface area contributed by atoms with E-state index < -0.39 is 0 Å². The van der Waals surface area contributed by atoms with E-state index in [1.165, 1.54) is 7.11 Å². The van der Waals surface area contributed by atoms with Gasteiger partial charge in [0.05, 0.1) is 30.2 Å². The highest BCUT2D eigenvalue weighted by Crippen LogP contribution is 2.30. The van der Waals surface area contributed by atoms with Crippen molar-refractivity contribution in [3.05, 3.63) is 23.8 Å². The minimum Gasteiger partial charge on any atom is -0.465 e. The molecule has 0 aliphatic carbocycles. The number of carbonyl (C=O) groups is 1. The third kappa shape index (κ3) is 2.98. The zero-order valence-electron chi connectivity index (χ0n) is 11.4. The summed E-state index contributed by atoms with van der Waals surface area (Å²) >= 11 is 0. The smallest absolute Gasteiger partial charge is 0.340 e. The number of anilines is 2. The number of hydrogen-bond donors (Lipinski definition) is 1. The van der Waals surface area contributed by atoms with Gasteiger partial charge in [-0.2, -0.15) is 0 Å². The molecule has 1 aliphatic heterocycles. The number of nitrogen functional groups attached to an aromatic ring is 1. The summed E-state index contributed by atoms with van der Waals surface area (Å²) in [5.74, 6) is -0.361. The summed E-state index contributed by atoms with van der Waals surface area (Å²) in [7, 11) is 1.38. The number of nitrogens with zero attached hydrogens (tertiary/aromatic N) is 1. The second kappa shape index (κ2) is 5.93. The van der Waals surface area contributed by atoms with Gasteiger partial charge in [-0.25, -0.2) is 4.79 Å². The minimum atomic E-state index is -0.361. The van der Waals surface area contributed by atoms with Gasteiger partial charge in [-0.15, -0.1) is 0 Å². The van der Waals surface area contributed by atoms with Crippen LogP contribution in [0, 0.1) is 0 Å². The van der Waals surface area contributed by atoms with Crippen LogP contribution in [-0.4, -0.2) is 38.9 Å². The number of nitrogens with two attached hydrogens (primary N) is 1. The van der Waals surface area contributed by atoms with E-state index in [2.05, 4.69) is 4.90 Å².